The minimum absolute atomic E-state index is 0.909. The fraction of sp³-hybridized carbons (Fsp3) is 0.857. The molecule has 1 heterocycles. The summed E-state index contributed by atoms with van der Waals surface area (Å²) in [5.41, 5.74) is 1.53. The Labute approximate surface area is 188 Å². The lowest BCUT2D eigenvalue weighted by atomic mass is 9.89. The van der Waals surface area contributed by atoms with Gasteiger partial charge in [-0.25, -0.2) is 0 Å². The summed E-state index contributed by atoms with van der Waals surface area (Å²) in [5, 5.41) is 5.60. The lowest BCUT2D eigenvalue weighted by Gasteiger charge is -2.16. The largest absolute Gasteiger partial charge is 0.143 e. The van der Waals surface area contributed by atoms with Gasteiger partial charge in [-0.3, -0.25) is 0 Å². The molecule has 169 valence electrons. The number of rotatable bonds is 22. The predicted molar refractivity (Wildman–Crippen MR) is 134 cm³/mol. The molecule has 1 rings (SSSR count). The number of unbranched alkanes of at least 4 members (excludes halogenated alkanes) is 16. The van der Waals surface area contributed by atoms with Crippen molar-refractivity contribution in [2.24, 2.45) is 5.92 Å². The van der Waals surface area contributed by atoms with Crippen LogP contribution in [-0.4, -0.2) is 0 Å². The van der Waals surface area contributed by atoms with Crippen molar-refractivity contribution in [1.82, 2.24) is 0 Å². The summed E-state index contributed by atoms with van der Waals surface area (Å²) in [7, 11) is 0. The van der Waals surface area contributed by atoms with Gasteiger partial charge in [-0.2, -0.15) is 0 Å². The molecular formula is C28H51S. The fourth-order valence-corrected chi connectivity index (χ4v) is 5.13. The topological polar surface area (TPSA) is 0 Å². The predicted octanol–water partition coefficient (Wildman–Crippen LogP) is 10.5. The molecule has 0 saturated carbocycles. The van der Waals surface area contributed by atoms with Crippen molar-refractivity contribution < 1.29 is 0 Å². The summed E-state index contributed by atoms with van der Waals surface area (Å²) in [4.78, 5) is 0. The van der Waals surface area contributed by atoms with E-state index in [2.05, 4.69) is 30.7 Å². The second-order valence-corrected chi connectivity index (χ2v) is 10.1. The molecule has 1 aromatic rings. The van der Waals surface area contributed by atoms with Crippen LogP contribution < -0.4 is 0 Å². The van der Waals surface area contributed by atoms with Crippen LogP contribution >= 0.6 is 11.3 Å². The van der Waals surface area contributed by atoms with E-state index in [-0.39, 0.29) is 0 Å². The molecule has 0 N–H and O–H groups in total. The van der Waals surface area contributed by atoms with Crippen molar-refractivity contribution in [3.8, 4) is 0 Å². The van der Waals surface area contributed by atoms with Crippen molar-refractivity contribution in [2.75, 3.05) is 0 Å². The maximum Gasteiger partial charge on any atom is 0.0445 e. The zero-order valence-corrected chi connectivity index (χ0v) is 20.8. The highest BCUT2D eigenvalue weighted by Gasteiger charge is 2.10. The molecule has 0 amide bonds. The van der Waals surface area contributed by atoms with Gasteiger partial charge in [-0.05, 0) is 29.3 Å². The average Bonchev–Trinajstić information content (AvgIpc) is 3.24. The van der Waals surface area contributed by atoms with Crippen molar-refractivity contribution in [3.05, 3.63) is 22.4 Å². The highest BCUT2D eigenvalue weighted by Crippen LogP contribution is 2.24. The fourth-order valence-electron chi connectivity index (χ4n) is 4.53. The monoisotopic (exact) mass is 419 g/mol. The Kier molecular flexibility index (Phi) is 19.3. The Morgan fingerprint density at radius 1 is 0.621 bits per heavy atom. The zero-order valence-electron chi connectivity index (χ0n) is 20.0. The quantitative estimate of drug-likeness (QED) is 0.164. The molecule has 29 heavy (non-hydrogen) atoms. The molecule has 0 bridgehead atoms. The van der Waals surface area contributed by atoms with Gasteiger partial charge in [0.05, 0.1) is 0 Å². The third kappa shape index (κ3) is 17.1. The first-order chi connectivity index (χ1) is 14.4. The van der Waals surface area contributed by atoms with E-state index in [0.29, 0.717) is 0 Å². The molecule has 1 atom stereocenters. The van der Waals surface area contributed by atoms with Crippen molar-refractivity contribution >= 4 is 11.3 Å². The average molecular weight is 420 g/mol. The first-order valence-electron chi connectivity index (χ1n) is 13.3. The lowest BCUT2D eigenvalue weighted by molar-refractivity contribution is 0.400. The van der Waals surface area contributed by atoms with Gasteiger partial charge in [0.1, 0.15) is 0 Å². The van der Waals surface area contributed by atoms with Gasteiger partial charge in [0.25, 0.3) is 0 Å². The molecule has 0 spiro atoms. The van der Waals surface area contributed by atoms with Crippen molar-refractivity contribution in [1.29, 1.82) is 0 Å². The van der Waals surface area contributed by atoms with Crippen LogP contribution in [0, 0.1) is 11.3 Å². The van der Waals surface area contributed by atoms with E-state index in [1.807, 2.05) is 0 Å². The minimum Gasteiger partial charge on any atom is -0.143 e. The van der Waals surface area contributed by atoms with E-state index in [1.54, 1.807) is 11.3 Å². The van der Waals surface area contributed by atoms with Crippen LogP contribution in [0.25, 0.3) is 0 Å². The summed E-state index contributed by atoms with van der Waals surface area (Å²) in [5.74, 6) is 0.909. The Morgan fingerprint density at radius 2 is 1.03 bits per heavy atom. The van der Waals surface area contributed by atoms with E-state index in [0.717, 1.165) is 5.92 Å². The van der Waals surface area contributed by atoms with Crippen LogP contribution in [-0.2, 0) is 6.42 Å². The van der Waals surface area contributed by atoms with E-state index in [1.165, 1.54) is 140 Å². The van der Waals surface area contributed by atoms with Gasteiger partial charge in [-0.15, -0.1) is 11.3 Å². The molecule has 1 aromatic heterocycles. The summed E-state index contributed by atoms with van der Waals surface area (Å²) >= 11 is 1.74. The van der Waals surface area contributed by atoms with Gasteiger partial charge in [0.2, 0.25) is 0 Å². The molecule has 0 aliphatic heterocycles. The van der Waals surface area contributed by atoms with Crippen LogP contribution in [0.2, 0.25) is 0 Å². The summed E-state index contributed by atoms with van der Waals surface area (Å²) < 4.78 is 0. The van der Waals surface area contributed by atoms with Gasteiger partial charge in [0.15, 0.2) is 0 Å². The molecule has 1 radical (unpaired) electrons. The summed E-state index contributed by atoms with van der Waals surface area (Å²) in [6, 6.07) is 2.23. The lowest BCUT2D eigenvalue weighted by Crippen LogP contribution is -2.05. The maximum atomic E-state index is 3.29. The van der Waals surface area contributed by atoms with E-state index in [9.17, 15) is 0 Å². The minimum atomic E-state index is 0.909. The van der Waals surface area contributed by atoms with Crippen LogP contribution in [0.5, 0.6) is 0 Å². The first-order valence-corrected chi connectivity index (χ1v) is 14.2. The van der Waals surface area contributed by atoms with Gasteiger partial charge < -0.3 is 0 Å². The Balaban J connectivity index is 2.07. The maximum absolute atomic E-state index is 3.29. The van der Waals surface area contributed by atoms with E-state index >= 15 is 0 Å². The van der Waals surface area contributed by atoms with Crippen LogP contribution in [0.15, 0.2) is 11.4 Å². The Bertz CT molecular complexity index is 408. The molecule has 0 fully saturated rings. The molecule has 0 saturated heterocycles. The third-order valence-electron chi connectivity index (χ3n) is 6.48. The van der Waals surface area contributed by atoms with E-state index < -0.39 is 0 Å². The molecule has 1 unspecified atom stereocenters. The third-order valence-corrected chi connectivity index (χ3v) is 7.15. The smallest absolute Gasteiger partial charge is 0.0445 e. The highest BCUT2D eigenvalue weighted by molar-refractivity contribution is 7.07. The SMILES string of the molecule is CCCCCCCCCCCCC(CCCCCCCCCC)Cc1c[c]sc1. The first kappa shape index (κ1) is 26.7. The number of thiophene rings is 1. The Morgan fingerprint density at radius 3 is 1.41 bits per heavy atom. The van der Waals surface area contributed by atoms with E-state index in [4.69, 9.17) is 0 Å². The van der Waals surface area contributed by atoms with Gasteiger partial charge in [-0.1, -0.05) is 142 Å². The summed E-state index contributed by atoms with van der Waals surface area (Å²) in [6.07, 6.45) is 30.2. The molecule has 0 aliphatic rings. The molecular weight excluding hydrogens is 368 g/mol. The summed E-state index contributed by atoms with van der Waals surface area (Å²) in [6.45, 7) is 4.61. The highest BCUT2D eigenvalue weighted by atomic mass is 32.1. The van der Waals surface area contributed by atoms with Gasteiger partial charge in [0, 0.05) is 5.38 Å². The standard InChI is InChI=1S/C28H51S/c1-3-5-7-9-11-13-14-16-18-20-22-27(25-28-23-24-29-26-28)21-19-17-15-12-10-8-6-4-2/h23,26-27H,3-22,25H2,1-2H3. The number of hydrogen-bond acceptors (Lipinski definition) is 1. The normalized spacial score (nSPS) is 12.5. The van der Waals surface area contributed by atoms with Crippen LogP contribution in [0.4, 0.5) is 0 Å². The molecule has 0 aromatic carbocycles. The molecule has 0 nitrogen and oxygen atoms in total. The number of hydrogen-bond donors (Lipinski definition) is 0. The zero-order chi connectivity index (χ0) is 20.8. The van der Waals surface area contributed by atoms with Crippen molar-refractivity contribution in [2.45, 2.75) is 149 Å². The molecule has 1 heteroatoms. The van der Waals surface area contributed by atoms with Crippen molar-refractivity contribution in [3.63, 3.8) is 0 Å². The van der Waals surface area contributed by atoms with Crippen LogP contribution in [0.3, 0.4) is 0 Å². The molecule has 0 aliphatic carbocycles. The van der Waals surface area contributed by atoms with Gasteiger partial charge >= 0.3 is 0 Å². The van der Waals surface area contributed by atoms with Crippen LogP contribution in [0.1, 0.15) is 148 Å². The second-order valence-electron chi connectivity index (χ2n) is 9.38. The second kappa shape index (κ2) is 21.0. The Hall–Kier alpha value is -0.300.